The average Bonchev–Trinajstić information content (AvgIpc) is 2.24. The molecular weight excluding hydrogens is 247 g/mol. The minimum Gasteiger partial charge on any atom is -0.393 e. The van der Waals surface area contributed by atoms with Gasteiger partial charge in [-0.25, -0.2) is 22.5 Å². The fourth-order valence-corrected chi connectivity index (χ4v) is 2.32. The maximum Gasteiger partial charge on any atom is 0.261 e. The Balaban J connectivity index is 2.61. The predicted octanol–water partition coefficient (Wildman–Crippen LogP) is 0.660. The molecule has 17 heavy (non-hydrogen) atoms. The highest BCUT2D eigenvalue weighted by Gasteiger charge is 2.19. The molecule has 0 aliphatic carbocycles. The summed E-state index contributed by atoms with van der Waals surface area (Å²) in [4.78, 5) is 3.49. The first-order valence-corrected chi connectivity index (χ1v) is 6.70. The van der Waals surface area contributed by atoms with Gasteiger partial charge >= 0.3 is 0 Å². The maximum atomic E-state index is 13.2. The van der Waals surface area contributed by atoms with Gasteiger partial charge in [0.05, 0.1) is 6.10 Å². The van der Waals surface area contributed by atoms with Crippen LogP contribution in [0.3, 0.4) is 0 Å². The molecule has 0 aliphatic rings. The SMILES string of the molecule is CC(O)CCCNS(=O)(=O)c1ncccc1F. The summed E-state index contributed by atoms with van der Waals surface area (Å²) in [6.45, 7) is 1.76. The molecule has 0 aliphatic heterocycles. The number of aliphatic hydroxyl groups excluding tert-OH is 1. The Hall–Kier alpha value is -1.05. The van der Waals surface area contributed by atoms with Crippen LogP contribution in [0.15, 0.2) is 23.4 Å². The van der Waals surface area contributed by atoms with E-state index in [0.29, 0.717) is 12.8 Å². The highest BCUT2D eigenvalue weighted by atomic mass is 32.2. The van der Waals surface area contributed by atoms with E-state index in [-0.39, 0.29) is 6.54 Å². The van der Waals surface area contributed by atoms with Crippen LogP contribution in [0.1, 0.15) is 19.8 Å². The number of halogens is 1. The Kier molecular flexibility index (Phi) is 4.98. The molecule has 1 atom stereocenters. The number of pyridine rings is 1. The third-order valence-corrected chi connectivity index (χ3v) is 3.46. The molecule has 0 bridgehead atoms. The van der Waals surface area contributed by atoms with Crippen LogP contribution in [0.25, 0.3) is 0 Å². The van der Waals surface area contributed by atoms with Crippen LogP contribution in [-0.2, 0) is 10.0 Å². The Morgan fingerprint density at radius 2 is 2.29 bits per heavy atom. The summed E-state index contributed by atoms with van der Waals surface area (Å²) in [5, 5.41) is 8.39. The van der Waals surface area contributed by atoms with Crippen molar-refractivity contribution in [2.75, 3.05) is 6.54 Å². The Bertz CT molecular complexity index is 462. The Morgan fingerprint density at radius 3 is 2.88 bits per heavy atom. The molecule has 0 fully saturated rings. The van der Waals surface area contributed by atoms with Gasteiger partial charge in [0.15, 0.2) is 5.82 Å². The van der Waals surface area contributed by atoms with Crippen molar-refractivity contribution in [2.45, 2.75) is 30.9 Å². The molecule has 0 amide bonds. The van der Waals surface area contributed by atoms with Gasteiger partial charge in [0, 0.05) is 12.7 Å². The summed E-state index contributed by atoms with van der Waals surface area (Å²) < 4.78 is 38.7. The zero-order valence-electron chi connectivity index (χ0n) is 9.43. The normalized spacial score (nSPS) is 13.6. The van der Waals surface area contributed by atoms with E-state index >= 15 is 0 Å². The number of sulfonamides is 1. The lowest BCUT2D eigenvalue weighted by atomic mass is 10.2. The third kappa shape index (κ3) is 4.37. The van der Waals surface area contributed by atoms with Crippen LogP contribution in [0.2, 0.25) is 0 Å². The summed E-state index contributed by atoms with van der Waals surface area (Å²) in [7, 11) is -3.91. The van der Waals surface area contributed by atoms with E-state index in [1.54, 1.807) is 6.92 Å². The number of hydrogen-bond acceptors (Lipinski definition) is 4. The fourth-order valence-electron chi connectivity index (χ4n) is 1.24. The zero-order valence-corrected chi connectivity index (χ0v) is 10.2. The van der Waals surface area contributed by atoms with E-state index < -0.39 is 27.0 Å². The lowest BCUT2D eigenvalue weighted by molar-refractivity contribution is 0.182. The van der Waals surface area contributed by atoms with E-state index in [4.69, 9.17) is 5.11 Å². The van der Waals surface area contributed by atoms with E-state index in [0.717, 1.165) is 6.07 Å². The lowest BCUT2D eigenvalue weighted by Gasteiger charge is -2.07. The molecule has 1 heterocycles. The monoisotopic (exact) mass is 262 g/mol. The molecule has 96 valence electrons. The van der Waals surface area contributed by atoms with E-state index in [1.807, 2.05) is 0 Å². The topological polar surface area (TPSA) is 79.3 Å². The molecule has 7 heteroatoms. The van der Waals surface area contributed by atoms with Crippen LogP contribution in [0.4, 0.5) is 4.39 Å². The molecular formula is C10H15FN2O3S. The smallest absolute Gasteiger partial charge is 0.261 e. The van der Waals surface area contributed by atoms with Crippen LogP contribution in [0.5, 0.6) is 0 Å². The molecule has 1 rings (SSSR count). The second kappa shape index (κ2) is 6.04. The zero-order chi connectivity index (χ0) is 12.9. The number of nitrogens with one attached hydrogen (secondary N) is 1. The van der Waals surface area contributed by atoms with Crippen molar-refractivity contribution >= 4 is 10.0 Å². The molecule has 0 saturated heterocycles. The predicted molar refractivity (Wildman–Crippen MR) is 60.3 cm³/mol. The average molecular weight is 262 g/mol. The van der Waals surface area contributed by atoms with Crippen molar-refractivity contribution in [3.05, 3.63) is 24.1 Å². The largest absolute Gasteiger partial charge is 0.393 e. The van der Waals surface area contributed by atoms with Crippen molar-refractivity contribution in [1.82, 2.24) is 9.71 Å². The van der Waals surface area contributed by atoms with E-state index in [1.165, 1.54) is 12.3 Å². The van der Waals surface area contributed by atoms with Crippen molar-refractivity contribution in [1.29, 1.82) is 0 Å². The van der Waals surface area contributed by atoms with Gasteiger partial charge in [0.2, 0.25) is 5.03 Å². The summed E-state index contributed by atoms with van der Waals surface area (Å²) in [5.74, 6) is -0.879. The van der Waals surface area contributed by atoms with Crippen LogP contribution in [-0.4, -0.2) is 31.2 Å². The molecule has 1 aromatic heterocycles. The Morgan fingerprint density at radius 1 is 1.59 bits per heavy atom. The molecule has 5 nitrogen and oxygen atoms in total. The summed E-state index contributed by atoms with van der Waals surface area (Å²) in [5.41, 5.74) is 0. The first kappa shape index (κ1) is 14.0. The van der Waals surface area contributed by atoms with Gasteiger partial charge < -0.3 is 5.11 Å². The number of rotatable bonds is 6. The van der Waals surface area contributed by atoms with Gasteiger partial charge in [-0.1, -0.05) is 0 Å². The highest BCUT2D eigenvalue weighted by Crippen LogP contribution is 2.09. The van der Waals surface area contributed by atoms with Gasteiger partial charge in [0.25, 0.3) is 10.0 Å². The van der Waals surface area contributed by atoms with Gasteiger partial charge in [-0.3, -0.25) is 0 Å². The first-order chi connectivity index (χ1) is 7.93. The molecule has 0 saturated carbocycles. The van der Waals surface area contributed by atoms with Gasteiger partial charge in [-0.15, -0.1) is 0 Å². The second-order valence-electron chi connectivity index (χ2n) is 3.68. The van der Waals surface area contributed by atoms with E-state index in [2.05, 4.69) is 9.71 Å². The van der Waals surface area contributed by atoms with Crippen molar-refractivity contribution < 1.29 is 17.9 Å². The number of nitrogens with zero attached hydrogens (tertiary/aromatic N) is 1. The molecule has 0 radical (unpaired) electrons. The second-order valence-corrected chi connectivity index (χ2v) is 5.36. The first-order valence-electron chi connectivity index (χ1n) is 5.22. The summed E-state index contributed by atoms with van der Waals surface area (Å²) in [6, 6.07) is 2.36. The minimum atomic E-state index is -3.91. The van der Waals surface area contributed by atoms with Crippen LogP contribution < -0.4 is 4.72 Å². The molecule has 1 unspecified atom stereocenters. The quantitative estimate of drug-likeness (QED) is 0.738. The van der Waals surface area contributed by atoms with Gasteiger partial charge in [0.1, 0.15) is 0 Å². The van der Waals surface area contributed by atoms with Crippen LogP contribution >= 0.6 is 0 Å². The van der Waals surface area contributed by atoms with Gasteiger partial charge in [-0.2, -0.15) is 0 Å². The molecule has 1 aromatic rings. The molecule has 2 N–H and O–H groups in total. The molecule has 0 aromatic carbocycles. The summed E-state index contributed by atoms with van der Waals surface area (Å²) in [6.07, 6.45) is 1.69. The standard InChI is InChI=1S/C10H15FN2O3S/c1-8(14)4-2-7-13-17(15,16)10-9(11)5-3-6-12-10/h3,5-6,8,13-14H,2,4,7H2,1H3. The Labute approximate surface area is 99.7 Å². The van der Waals surface area contributed by atoms with E-state index in [9.17, 15) is 12.8 Å². The summed E-state index contributed by atoms with van der Waals surface area (Å²) >= 11 is 0. The third-order valence-electron chi connectivity index (χ3n) is 2.07. The van der Waals surface area contributed by atoms with Crippen LogP contribution in [0, 0.1) is 5.82 Å². The number of aliphatic hydroxyl groups is 1. The lowest BCUT2D eigenvalue weighted by Crippen LogP contribution is -2.27. The van der Waals surface area contributed by atoms with Gasteiger partial charge in [-0.05, 0) is 31.9 Å². The molecule has 0 spiro atoms. The number of aromatic nitrogens is 1. The fraction of sp³-hybridized carbons (Fsp3) is 0.500. The van der Waals surface area contributed by atoms with Crippen molar-refractivity contribution in [3.63, 3.8) is 0 Å². The maximum absolute atomic E-state index is 13.2. The van der Waals surface area contributed by atoms with Crippen molar-refractivity contribution in [3.8, 4) is 0 Å². The highest BCUT2D eigenvalue weighted by molar-refractivity contribution is 7.89. The number of hydrogen-bond donors (Lipinski definition) is 2. The van der Waals surface area contributed by atoms with Crippen molar-refractivity contribution in [2.24, 2.45) is 0 Å². The minimum absolute atomic E-state index is 0.142.